The van der Waals surface area contributed by atoms with Crippen LogP contribution in [0.2, 0.25) is 0 Å². The molecular weight excluding hydrogens is 184 g/mol. The Kier molecular flexibility index (Phi) is 2.06. The lowest BCUT2D eigenvalue weighted by atomic mass is 10.3. The van der Waals surface area contributed by atoms with Crippen LogP contribution >= 0.6 is 0 Å². The van der Waals surface area contributed by atoms with Crippen molar-refractivity contribution in [3.05, 3.63) is 42.1 Å². The molecule has 2 heterocycles. The summed E-state index contributed by atoms with van der Waals surface area (Å²) in [5.41, 5.74) is 0.159. The number of carbonyl (C=O) groups is 1. The molecule has 2 aromatic rings. The van der Waals surface area contributed by atoms with Crippen LogP contribution in [-0.2, 0) is 6.54 Å². The van der Waals surface area contributed by atoms with Crippen molar-refractivity contribution >= 4 is 5.97 Å². The number of aromatic carboxylic acids is 1. The van der Waals surface area contributed by atoms with Gasteiger partial charge in [-0.05, 0) is 12.1 Å². The molecular formula is C9H8N2O3. The molecule has 0 fully saturated rings. The maximum Gasteiger partial charge on any atom is 0.338 e. The van der Waals surface area contributed by atoms with Gasteiger partial charge in [0, 0.05) is 12.4 Å². The first-order valence-electron chi connectivity index (χ1n) is 4.04. The minimum absolute atomic E-state index is 0.159. The highest BCUT2D eigenvalue weighted by atomic mass is 16.4. The summed E-state index contributed by atoms with van der Waals surface area (Å²) >= 11 is 0. The summed E-state index contributed by atoms with van der Waals surface area (Å²) in [6, 6.07) is 3.28. The summed E-state index contributed by atoms with van der Waals surface area (Å²) in [6.45, 7) is 0.445. The molecule has 0 bridgehead atoms. The second-order valence-electron chi connectivity index (χ2n) is 2.81. The lowest BCUT2D eigenvalue weighted by Crippen LogP contribution is -1.98. The molecule has 0 aliphatic heterocycles. The number of aromatic nitrogens is 2. The minimum Gasteiger partial charge on any atom is -0.478 e. The summed E-state index contributed by atoms with van der Waals surface area (Å²) in [5, 5.41) is 12.6. The second kappa shape index (κ2) is 3.37. The molecule has 2 rings (SSSR count). The molecule has 0 aliphatic carbocycles. The van der Waals surface area contributed by atoms with Crippen LogP contribution in [0.1, 0.15) is 16.1 Å². The average Bonchev–Trinajstić information content (AvgIpc) is 2.75. The third-order valence-corrected chi connectivity index (χ3v) is 1.78. The molecule has 2 aromatic heterocycles. The smallest absolute Gasteiger partial charge is 0.338 e. The number of carboxylic acids is 1. The SMILES string of the molecule is O=C(O)c1coc(Cn2cccn2)c1. The Bertz CT molecular complexity index is 431. The molecule has 0 saturated carbocycles. The molecule has 14 heavy (non-hydrogen) atoms. The predicted octanol–water partition coefficient (Wildman–Crippen LogP) is 1.22. The van der Waals surface area contributed by atoms with Gasteiger partial charge in [0.2, 0.25) is 0 Å². The van der Waals surface area contributed by atoms with Gasteiger partial charge >= 0.3 is 5.97 Å². The number of rotatable bonds is 3. The van der Waals surface area contributed by atoms with Crippen molar-refractivity contribution in [3.63, 3.8) is 0 Å². The molecule has 5 heteroatoms. The van der Waals surface area contributed by atoms with E-state index >= 15 is 0 Å². The molecule has 0 unspecified atom stereocenters. The van der Waals surface area contributed by atoms with Gasteiger partial charge in [-0.25, -0.2) is 4.79 Å². The molecule has 0 saturated heterocycles. The molecule has 0 atom stereocenters. The van der Waals surface area contributed by atoms with Crippen LogP contribution in [0.25, 0.3) is 0 Å². The number of nitrogens with zero attached hydrogens (tertiary/aromatic N) is 2. The van der Waals surface area contributed by atoms with Gasteiger partial charge in [-0.1, -0.05) is 0 Å². The first kappa shape index (κ1) is 8.55. The van der Waals surface area contributed by atoms with E-state index in [-0.39, 0.29) is 5.56 Å². The van der Waals surface area contributed by atoms with Crippen LogP contribution in [0.3, 0.4) is 0 Å². The average molecular weight is 192 g/mol. The van der Waals surface area contributed by atoms with Gasteiger partial charge in [0.05, 0.1) is 12.1 Å². The van der Waals surface area contributed by atoms with E-state index in [1.807, 2.05) is 0 Å². The van der Waals surface area contributed by atoms with Gasteiger partial charge in [-0.2, -0.15) is 5.10 Å². The van der Waals surface area contributed by atoms with Crippen LogP contribution in [0.5, 0.6) is 0 Å². The monoisotopic (exact) mass is 192 g/mol. The quantitative estimate of drug-likeness (QED) is 0.793. The Morgan fingerprint density at radius 1 is 1.64 bits per heavy atom. The fraction of sp³-hybridized carbons (Fsp3) is 0.111. The van der Waals surface area contributed by atoms with E-state index in [4.69, 9.17) is 9.52 Å². The molecule has 5 nitrogen and oxygen atoms in total. The molecule has 0 aromatic carbocycles. The van der Waals surface area contributed by atoms with E-state index in [9.17, 15) is 4.79 Å². The van der Waals surface area contributed by atoms with Gasteiger partial charge in [-0.3, -0.25) is 4.68 Å². The topological polar surface area (TPSA) is 68.3 Å². The predicted molar refractivity (Wildman–Crippen MR) is 47.0 cm³/mol. The minimum atomic E-state index is -0.986. The number of hydrogen-bond acceptors (Lipinski definition) is 3. The first-order valence-corrected chi connectivity index (χ1v) is 4.04. The fourth-order valence-corrected chi connectivity index (χ4v) is 1.13. The summed E-state index contributed by atoms with van der Waals surface area (Å²) in [7, 11) is 0. The van der Waals surface area contributed by atoms with Crippen LogP contribution < -0.4 is 0 Å². The van der Waals surface area contributed by atoms with Crippen LogP contribution in [0.15, 0.2) is 35.2 Å². The first-order chi connectivity index (χ1) is 6.75. The largest absolute Gasteiger partial charge is 0.478 e. The van der Waals surface area contributed by atoms with Gasteiger partial charge in [0.25, 0.3) is 0 Å². The highest BCUT2D eigenvalue weighted by Crippen LogP contribution is 2.08. The maximum absolute atomic E-state index is 10.5. The number of carboxylic acid groups (broad SMARTS) is 1. The summed E-state index contributed by atoms with van der Waals surface area (Å²) in [4.78, 5) is 10.5. The Labute approximate surface area is 79.6 Å². The van der Waals surface area contributed by atoms with E-state index in [0.717, 1.165) is 0 Å². The van der Waals surface area contributed by atoms with Gasteiger partial charge < -0.3 is 9.52 Å². The molecule has 0 spiro atoms. The number of furan rings is 1. The maximum atomic E-state index is 10.5. The molecule has 72 valence electrons. The Morgan fingerprint density at radius 3 is 3.07 bits per heavy atom. The Hall–Kier alpha value is -2.04. The zero-order valence-corrected chi connectivity index (χ0v) is 7.25. The Balaban J connectivity index is 2.14. The normalized spacial score (nSPS) is 10.3. The third kappa shape index (κ3) is 1.66. The van der Waals surface area contributed by atoms with E-state index in [1.54, 1.807) is 23.1 Å². The summed E-state index contributed by atoms with van der Waals surface area (Å²) < 4.78 is 6.71. The van der Waals surface area contributed by atoms with E-state index in [2.05, 4.69) is 5.10 Å². The van der Waals surface area contributed by atoms with E-state index in [1.165, 1.54) is 12.3 Å². The third-order valence-electron chi connectivity index (χ3n) is 1.78. The summed E-state index contributed by atoms with van der Waals surface area (Å²) in [6.07, 6.45) is 4.66. The standard InChI is InChI=1S/C9H8N2O3/c12-9(13)7-4-8(14-6-7)5-11-3-1-2-10-11/h1-4,6H,5H2,(H,12,13). The van der Waals surface area contributed by atoms with Crippen molar-refractivity contribution < 1.29 is 14.3 Å². The van der Waals surface area contributed by atoms with Crippen molar-refractivity contribution in [3.8, 4) is 0 Å². The van der Waals surface area contributed by atoms with Crippen molar-refractivity contribution in [1.82, 2.24) is 9.78 Å². The zero-order chi connectivity index (χ0) is 9.97. The molecule has 0 amide bonds. The van der Waals surface area contributed by atoms with Gasteiger partial charge in [-0.15, -0.1) is 0 Å². The molecule has 0 radical (unpaired) electrons. The van der Waals surface area contributed by atoms with E-state index in [0.29, 0.717) is 12.3 Å². The fourth-order valence-electron chi connectivity index (χ4n) is 1.13. The van der Waals surface area contributed by atoms with Crippen molar-refractivity contribution in [2.45, 2.75) is 6.54 Å². The van der Waals surface area contributed by atoms with Crippen LogP contribution in [0, 0.1) is 0 Å². The van der Waals surface area contributed by atoms with Gasteiger partial charge in [0.15, 0.2) is 0 Å². The van der Waals surface area contributed by atoms with Crippen LogP contribution in [0.4, 0.5) is 0 Å². The highest BCUT2D eigenvalue weighted by Gasteiger charge is 2.08. The van der Waals surface area contributed by atoms with Crippen molar-refractivity contribution in [1.29, 1.82) is 0 Å². The highest BCUT2D eigenvalue weighted by molar-refractivity contribution is 5.87. The van der Waals surface area contributed by atoms with Crippen molar-refractivity contribution in [2.75, 3.05) is 0 Å². The lowest BCUT2D eigenvalue weighted by Gasteiger charge is -1.95. The van der Waals surface area contributed by atoms with Gasteiger partial charge in [0.1, 0.15) is 12.0 Å². The zero-order valence-electron chi connectivity index (χ0n) is 7.25. The molecule has 0 aliphatic rings. The van der Waals surface area contributed by atoms with E-state index < -0.39 is 5.97 Å². The summed E-state index contributed by atoms with van der Waals surface area (Å²) in [5.74, 6) is -0.411. The lowest BCUT2D eigenvalue weighted by molar-refractivity contribution is 0.0696. The Morgan fingerprint density at radius 2 is 2.50 bits per heavy atom. The van der Waals surface area contributed by atoms with Crippen molar-refractivity contribution in [2.24, 2.45) is 0 Å². The molecule has 1 N–H and O–H groups in total. The van der Waals surface area contributed by atoms with Crippen LogP contribution in [-0.4, -0.2) is 20.9 Å². The second-order valence-corrected chi connectivity index (χ2v) is 2.81. The number of hydrogen-bond donors (Lipinski definition) is 1.